The molecule has 0 saturated carbocycles. The van der Waals surface area contributed by atoms with Gasteiger partial charge in [-0.05, 0) is 20.0 Å². The molecule has 0 aliphatic carbocycles. The van der Waals surface area contributed by atoms with E-state index < -0.39 is 0 Å². The molecule has 0 unspecified atom stereocenters. The molecule has 2 N–H and O–H groups in total. The Bertz CT molecular complexity index is 656. The molecule has 1 atom stereocenters. The molecule has 1 aromatic carbocycles. The zero-order valence-electron chi connectivity index (χ0n) is 13.5. The first-order valence-electron chi connectivity index (χ1n) is 7.79. The fourth-order valence-electron chi connectivity index (χ4n) is 2.77. The van der Waals surface area contributed by atoms with Crippen LogP contribution in [0.1, 0.15) is 12.2 Å². The largest absolute Gasteiger partial charge is 0.331 e. The van der Waals surface area contributed by atoms with E-state index >= 15 is 0 Å². The lowest BCUT2D eigenvalue weighted by molar-refractivity contribution is 0.190. The summed E-state index contributed by atoms with van der Waals surface area (Å²) < 4.78 is 0. The maximum Gasteiger partial charge on any atom is 0.317 e. The van der Waals surface area contributed by atoms with Crippen molar-refractivity contribution in [2.24, 2.45) is 0 Å². The highest BCUT2D eigenvalue weighted by molar-refractivity contribution is 5.74. The van der Waals surface area contributed by atoms with E-state index in [4.69, 9.17) is 0 Å². The van der Waals surface area contributed by atoms with Crippen LogP contribution in [-0.4, -0.2) is 64.2 Å². The number of aromatic nitrogens is 3. The summed E-state index contributed by atoms with van der Waals surface area (Å²) in [6, 6.07) is 9.94. The van der Waals surface area contributed by atoms with Crippen LogP contribution < -0.4 is 5.32 Å². The first-order valence-corrected chi connectivity index (χ1v) is 7.79. The molecule has 0 spiro atoms. The van der Waals surface area contributed by atoms with E-state index in [-0.39, 0.29) is 12.1 Å². The van der Waals surface area contributed by atoms with Crippen LogP contribution in [0.15, 0.2) is 30.3 Å². The van der Waals surface area contributed by atoms with Crippen molar-refractivity contribution in [2.45, 2.75) is 19.0 Å². The summed E-state index contributed by atoms with van der Waals surface area (Å²) in [5.74, 6) is 1.29. The van der Waals surface area contributed by atoms with Crippen LogP contribution in [0, 0.1) is 0 Å². The molecular weight excluding hydrogens is 292 g/mol. The van der Waals surface area contributed by atoms with Crippen LogP contribution in [-0.2, 0) is 6.54 Å². The molecule has 7 nitrogen and oxygen atoms in total. The van der Waals surface area contributed by atoms with Crippen LogP contribution >= 0.6 is 0 Å². The molecule has 1 fully saturated rings. The minimum atomic E-state index is -0.0806. The minimum Gasteiger partial charge on any atom is -0.331 e. The van der Waals surface area contributed by atoms with E-state index in [0.29, 0.717) is 18.2 Å². The molecule has 1 aromatic heterocycles. The first-order chi connectivity index (χ1) is 11.1. The number of likely N-dealkylation sites (N-methyl/N-ethyl adjacent to an activating group) is 2. The number of carbonyl (C=O) groups is 1. The minimum absolute atomic E-state index is 0.0806. The van der Waals surface area contributed by atoms with Crippen LogP contribution in [0.4, 0.5) is 4.79 Å². The Labute approximate surface area is 135 Å². The maximum atomic E-state index is 12.2. The van der Waals surface area contributed by atoms with Gasteiger partial charge in [0.15, 0.2) is 5.82 Å². The SMILES string of the molecule is CN1CC[C@@H](N(C)C(=O)NCc2nc(-c3ccccc3)n[nH]2)C1. The number of rotatable bonds is 4. The number of nitrogens with zero attached hydrogens (tertiary/aromatic N) is 4. The molecule has 2 aromatic rings. The number of carbonyl (C=O) groups excluding carboxylic acids is 1. The smallest absolute Gasteiger partial charge is 0.317 e. The molecule has 7 heteroatoms. The predicted octanol–water partition coefficient (Wildman–Crippen LogP) is 1.32. The van der Waals surface area contributed by atoms with E-state index in [2.05, 4.69) is 32.4 Å². The molecule has 2 heterocycles. The number of benzene rings is 1. The molecule has 2 amide bonds. The second-order valence-electron chi connectivity index (χ2n) is 5.95. The Balaban J connectivity index is 1.54. The molecule has 122 valence electrons. The third-order valence-corrected chi connectivity index (χ3v) is 4.21. The number of urea groups is 1. The Hall–Kier alpha value is -2.41. The molecular formula is C16H22N6O. The summed E-state index contributed by atoms with van der Waals surface area (Å²) in [6.07, 6.45) is 1.01. The van der Waals surface area contributed by atoms with Gasteiger partial charge in [0.05, 0.1) is 6.54 Å². The average molecular weight is 314 g/mol. The van der Waals surface area contributed by atoms with Gasteiger partial charge < -0.3 is 15.1 Å². The number of amides is 2. The lowest BCUT2D eigenvalue weighted by atomic mass is 10.2. The number of aromatic amines is 1. The average Bonchev–Trinajstić information content (AvgIpc) is 3.22. The molecule has 0 radical (unpaired) electrons. The molecule has 23 heavy (non-hydrogen) atoms. The van der Waals surface area contributed by atoms with E-state index in [9.17, 15) is 4.79 Å². The first kappa shape index (κ1) is 15.5. The quantitative estimate of drug-likeness (QED) is 0.892. The Kier molecular flexibility index (Phi) is 4.57. The number of likely N-dealkylation sites (tertiary alicyclic amines) is 1. The lowest BCUT2D eigenvalue weighted by Gasteiger charge is -2.24. The number of hydrogen-bond donors (Lipinski definition) is 2. The maximum absolute atomic E-state index is 12.2. The van der Waals surface area contributed by atoms with Crippen LogP contribution in [0.25, 0.3) is 11.4 Å². The van der Waals surface area contributed by atoms with Crippen molar-refractivity contribution in [1.82, 2.24) is 30.3 Å². The van der Waals surface area contributed by atoms with Crippen molar-refractivity contribution in [3.05, 3.63) is 36.2 Å². The van der Waals surface area contributed by atoms with Crippen LogP contribution in [0.3, 0.4) is 0 Å². The van der Waals surface area contributed by atoms with Gasteiger partial charge in [0, 0.05) is 25.2 Å². The molecule has 3 rings (SSSR count). The standard InChI is InChI=1S/C16H22N6O/c1-21-9-8-13(11-21)22(2)16(23)17-10-14-18-15(20-19-14)12-6-4-3-5-7-12/h3-7,13H,8-11H2,1-2H3,(H,17,23)(H,18,19,20)/t13-/m1/s1. The van der Waals surface area contributed by atoms with Crippen LogP contribution in [0.5, 0.6) is 0 Å². The summed E-state index contributed by atoms with van der Waals surface area (Å²) in [4.78, 5) is 20.6. The molecule has 1 aliphatic rings. The number of H-pyrrole nitrogens is 1. The highest BCUT2D eigenvalue weighted by Crippen LogP contribution is 2.14. The van der Waals surface area contributed by atoms with Crippen molar-refractivity contribution in [3.63, 3.8) is 0 Å². The summed E-state index contributed by atoms with van der Waals surface area (Å²) in [5.41, 5.74) is 0.951. The number of nitrogens with one attached hydrogen (secondary N) is 2. The highest BCUT2D eigenvalue weighted by Gasteiger charge is 2.26. The topological polar surface area (TPSA) is 77.2 Å². The lowest BCUT2D eigenvalue weighted by Crippen LogP contribution is -2.44. The van der Waals surface area contributed by atoms with Gasteiger partial charge in [-0.3, -0.25) is 5.10 Å². The molecule has 0 bridgehead atoms. The third kappa shape index (κ3) is 3.68. The van der Waals surface area contributed by atoms with E-state index in [1.165, 1.54) is 0 Å². The van der Waals surface area contributed by atoms with E-state index in [0.717, 1.165) is 25.1 Å². The van der Waals surface area contributed by atoms with Crippen molar-refractivity contribution >= 4 is 6.03 Å². The Morgan fingerprint density at radius 3 is 2.91 bits per heavy atom. The second-order valence-corrected chi connectivity index (χ2v) is 5.95. The highest BCUT2D eigenvalue weighted by atomic mass is 16.2. The van der Waals surface area contributed by atoms with Gasteiger partial charge in [0.25, 0.3) is 0 Å². The summed E-state index contributed by atoms with van der Waals surface area (Å²) >= 11 is 0. The fraction of sp³-hybridized carbons (Fsp3) is 0.438. The van der Waals surface area contributed by atoms with Gasteiger partial charge in [-0.25, -0.2) is 9.78 Å². The summed E-state index contributed by atoms with van der Waals surface area (Å²) in [5, 5.41) is 9.95. The van der Waals surface area contributed by atoms with E-state index in [1.807, 2.05) is 37.4 Å². The van der Waals surface area contributed by atoms with Gasteiger partial charge in [-0.15, -0.1) is 0 Å². The molecule has 1 saturated heterocycles. The summed E-state index contributed by atoms with van der Waals surface area (Å²) in [7, 11) is 3.92. The van der Waals surface area contributed by atoms with Gasteiger partial charge in [0.1, 0.15) is 5.82 Å². The summed E-state index contributed by atoms with van der Waals surface area (Å²) in [6.45, 7) is 2.29. The normalized spacial score (nSPS) is 18.1. The second kappa shape index (κ2) is 6.78. The van der Waals surface area contributed by atoms with Gasteiger partial charge in [-0.1, -0.05) is 30.3 Å². The van der Waals surface area contributed by atoms with Crippen molar-refractivity contribution in [2.75, 3.05) is 27.2 Å². The number of hydrogen-bond acceptors (Lipinski definition) is 4. The zero-order valence-corrected chi connectivity index (χ0v) is 13.5. The van der Waals surface area contributed by atoms with Crippen LogP contribution in [0.2, 0.25) is 0 Å². The molecule has 1 aliphatic heterocycles. The van der Waals surface area contributed by atoms with Crippen molar-refractivity contribution in [1.29, 1.82) is 0 Å². The Morgan fingerprint density at radius 1 is 1.43 bits per heavy atom. The van der Waals surface area contributed by atoms with Gasteiger partial charge in [-0.2, -0.15) is 5.10 Å². The Morgan fingerprint density at radius 2 is 2.22 bits per heavy atom. The monoisotopic (exact) mass is 314 g/mol. The van der Waals surface area contributed by atoms with Crippen molar-refractivity contribution < 1.29 is 4.79 Å². The van der Waals surface area contributed by atoms with Gasteiger partial charge in [0.2, 0.25) is 0 Å². The zero-order chi connectivity index (χ0) is 16.2. The van der Waals surface area contributed by atoms with E-state index in [1.54, 1.807) is 4.90 Å². The predicted molar refractivity (Wildman–Crippen MR) is 87.7 cm³/mol. The fourth-order valence-corrected chi connectivity index (χ4v) is 2.77. The third-order valence-electron chi connectivity index (χ3n) is 4.21. The van der Waals surface area contributed by atoms with Gasteiger partial charge >= 0.3 is 6.03 Å². The van der Waals surface area contributed by atoms with Crippen molar-refractivity contribution in [3.8, 4) is 11.4 Å².